The molecule has 0 N–H and O–H groups in total. The third-order valence-corrected chi connectivity index (χ3v) is 8.09. The van der Waals surface area contributed by atoms with Gasteiger partial charge in [-0.15, -0.1) is 0 Å². The molecule has 0 bridgehead atoms. The number of hydrogen-bond donors (Lipinski definition) is 0. The van der Waals surface area contributed by atoms with E-state index in [0.29, 0.717) is 57.0 Å². The molecular weight excluding hydrogens is 433 g/mol. The molecule has 2 heterocycles. The molecule has 0 aromatic heterocycles. The fourth-order valence-electron chi connectivity index (χ4n) is 4.39. The van der Waals surface area contributed by atoms with Gasteiger partial charge in [-0.1, -0.05) is 12.1 Å². The van der Waals surface area contributed by atoms with Crippen LogP contribution in [0.15, 0.2) is 53.4 Å². The van der Waals surface area contributed by atoms with Crippen molar-refractivity contribution in [3.8, 4) is 5.75 Å². The van der Waals surface area contributed by atoms with Gasteiger partial charge >= 0.3 is 0 Å². The number of nitrogens with zero attached hydrogens (tertiary/aromatic N) is 3. The molecule has 0 radical (unpaired) electrons. The molecule has 4 rings (SSSR count). The second-order valence-corrected chi connectivity index (χ2v) is 10.1. The van der Waals surface area contributed by atoms with E-state index in [1.165, 1.54) is 29.6 Å². The largest absolute Gasteiger partial charge is 0.497 e. The monoisotopic (exact) mass is 461 g/mol. The molecule has 0 saturated carbocycles. The first kappa shape index (κ1) is 22.5. The van der Waals surface area contributed by atoms with E-state index in [0.717, 1.165) is 0 Å². The van der Waals surface area contributed by atoms with E-state index in [4.69, 9.17) is 4.74 Å². The van der Waals surface area contributed by atoms with Crippen molar-refractivity contribution in [2.45, 2.75) is 17.7 Å². The molecule has 2 aliphatic heterocycles. The molecular formula is C23H28FN3O4S. The number of sulfonamides is 1. The van der Waals surface area contributed by atoms with Crippen LogP contribution in [0.3, 0.4) is 0 Å². The highest BCUT2D eigenvalue weighted by Crippen LogP contribution is 2.27. The van der Waals surface area contributed by atoms with Gasteiger partial charge in [0, 0.05) is 39.3 Å². The van der Waals surface area contributed by atoms with Crippen molar-refractivity contribution in [2.24, 2.45) is 5.92 Å². The summed E-state index contributed by atoms with van der Waals surface area (Å²) < 4.78 is 46.7. The van der Waals surface area contributed by atoms with E-state index in [1.807, 2.05) is 4.90 Å². The minimum Gasteiger partial charge on any atom is -0.497 e. The van der Waals surface area contributed by atoms with Gasteiger partial charge in [0.1, 0.15) is 11.6 Å². The van der Waals surface area contributed by atoms with Crippen LogP contribution in [0.4, 0.5) is 10.1 Å². The van der Waals surface area contributed by atoms with E-state index in [1.54, 1.807) is 35.2 Å². The van der Waals surface area contributed by atoms with Gasteiger partial charge in [0.05, 0.1) is 23.6 Å². The standard InChI is InChI=1S/C23H28FN3O4S/c1-31-19-8-10-20(11-9-19)32(29,30)27-12-4-5-18(17-27)23(28)26-15-13-25(14-16-26)22-7-3-2-6-21(22)24/h2-3,6-11,18H,4-5,12-17H2,1H3/t18-/m1/s1. The summed E-state index contributed by atoms with van der Waals surface area (Å²) in [5, 5.41) is 0. The highest BCUT2D eigenvalue weighted by atomic mass is 32.2. The number of rotatable bonds is 5. The average Bonchev–Trinajstić information content (AvgIpc) is 2.84. The maximum absolute atomic E-state index is 14.1. The number of benzene rings is 2. The molecule has 2 aromatic carbocycles. The Labute approximate surface area is 188 Å². The Hall–Kier alpha value is -2.65. The lowest BCUT2D eigenvalue weighted by Gasteiger charge is -2.39. The van der Waals surface area contributed by atoms with Crippen LogP contribution >= 0.6 is 0 Å². The molecule has 7 nitrogen and oxygen atoms in total. The molecule has 0 spiro atoms. The number of carbonyl (C=O) groups is 1. The fourth-order valence-corrected chi connectivity index (χ4v) is 5.92. The smallest absolute Gasteiger partial charge is 0.243 e. The summed E-state index contributed by atoms with van der Waals surface area (Å²) in [4.78, 5) is 17.1. The predicted octanol–water partition coefficient (Wildman–Crippen LogP) is 2.58. The van der Waals surface area contributed by atoms with Gasteiger partial charge in [-0.05, 0) is 49.2 Å². The van der Waals surface area contributed by atoms with Crippen LogP contribution in [-0.4, -0.2) is 69.9 Å². The second-order valence-electron chi connectivity index (χ2n) is 8.14. The lowest BCUT2D eigenvalue weighted by molar-refractivity contribution is -0.137. The summed E-state index contributed by atoms with van der Waals surface area (Å²) in [7, 11) is -2.15. The van der Waals surface area contributed by atoms with Crippen molar-refractivity contribution >= 4 is 21.6 Å². The van der Waals surface area contributed by atoms with Gasteiger partial charge < -0.3 is 14.5 Å². The van der Waals surface area contributed by atoms with Crippen LogP contribution in [0.25, 0.3) is 0 Å². The second kappa shape index (κ2) is 9.46. The van der Waals surface area contributed by atoms with Crippen molar-refractivity contribution in [1.82, 2.24) is 9.21 Å². The van der Waals surface area contributed by atoms with Crippen molar-refractivity contribution in [2.75, 3.05) is 51.3 Å². The van der Waals surface area contributed by atoms with Crippen LogP contribution in [0, 0.1) is 11.7 Å². The molecule has 0 aliphatic carbocycles. The third kappa shape index (κ3) is 4.59. The maximum Gasteiger partial charge on any atom is 0.243 e. The average molecular weight is 462 g/mol. The first-order valence-corrected chi connectivity index (χ1v) is 12.3. The van der Waals surface area contributed by atoms with Gasteiger partial charge in [-0.2, -0.15) is 4.31 Å². The lowest BCUT2D eigenvalue weighted by atomic mass is 9.97. The minimum absolute atomic E-state index is 0.0205. The SMILES string of the molecule is COc1ccc(S(=O)(=O)N2CCC[C@@H](C(=O)N3CCN(c4ccccc4F)CC3)C2)cc1. The molecule has 0 unspecified atom stereocenters. The van der Waals surface area contributed by atoms with Crippen molar-refractivity contribution < 1.29 is 22.3 Å². The highest BCUT2D eigenvalue weighted by molar-refractivity contribution is 7.89. The number of anilines is 1. The predicted molar refractivity (Wildman–Crippen MR) is 120 cm³/mol. The topological polar surface area (TPSA) is 70.2 Å². The number of halogens is 1. The maximum atomic E-state index is 14.1. The number of amides is 1. The van der Waals surface area contributed by atoms with Gasteiger partial charge in [-0.25, -0.2) is 12.8 Å². The molecule has 9 heteroatoms. The summed E-state index contributed by atoms with van der Waals surface area (Å²) in [5.74, 6) is -0.0614. The Kier molecular flexibility index (Phi) is 6.66. The number of piperazine rings is 1. The molecule has 32 heavy (non-hydrogen) atoms. The third-order valence-electron chi connectivity index (χ3n) is 6.22. The fraction of sp³-hybridized carbons (Fsp3) is 0.435. The molecule has 2 saturated heterocycles. The summed E-state index contributed by atoms with van der Waals surface area (Å²) >= 11 is 0. The van der Waals surface area contributed by atoms with Crippen LogP contribution < -0.4 is 9.64 Å². The molecule has 2 aliphatic rings. The molecule has 2 aromatic rings. The highest BCUT2D eigenvalue weighted by Gasteiger charge is 2.36. The number of ether oxygens (including phenoxy) is 1. The number of para-hydroxylation sites is 1. The van der Waals surface area contributed by atoms with Gasteiger partial charge in [0.15, 0.2) is 0 Å². The number of carbonyl (C=O) groups excluding carboxylic acids is 1. The Morgan fingerprint density at radius 2 is 1.69 bits per heavy atom. The van der Waals surface area contributed by atoms with Crippen LogP contribution in [0.2, 0.25) is 0 Å². The van der Waals surface area contributed by atoms with E-state index in [-0.39, 0.29) is 29.1 Å². The van der Waals surface area contributed by atoms with Gasteiger partial charge in [-0.3, -0.25) is 4.79 Å². The Morgan fingerprint density at radius 1 is 1.00 bits per heavy atom. The summed E-state index contributed by atoms with van der Waals surface area (Å²) in [6, 6.07) is 12.9. The Morgan fingerprint density at radius 3 is 2.34 bits per heavy atom. The van der Waals surface area contributed by atoms with Crippen molar-refractivity contribution in [1.29, 1.82) is 0 Å². The van der Waals surface area contributed by atoms with E-state index >= 15 is 0 Å². The number of piperidine rings is 1. The zero-order valence-electron chi connectivity index (χ0n) is 18.1. The molecule has 1 atom stereocenters. The van der Waals surface area contributed by atoms with Crippen LogP contribution in [0.1, 0.15) is 12.8 Å². The molecule has 1 amide bonds. The first-order valence-electron chi connectivity index (χ1n) is 10.8. The van der Waals surface area contributed by atoms with Crippen molar-refractivity contribution in [3.05, 3.63) is 54.3 Å². The van der Waals surface area contributed by atoms with Crippen LogP contribution in [-0.2, 0) is 14.8 Å². The molecule has 172 valence electrons. The van der Waals surface area contributed by atoms with E-state index < -0.39 is 10.0 Å². The normalized spacial score (nSPS) is 20.2. The zero-order chi connectivity index (χ0) is 22.7. The van der Waals surface area contributed by atoms with E-state index in [9.17, 15) is 17.6 Å². The number of hydrogen-bond acceptors (Lipinski definition) is 5. The van der Waals surface area contributed by atoms with E-state index in [2.05, 4.69) is 0 Å². The summed E-state index contributed by atoms with van der Waals surface area (Å²) in [6.07, 6.45) is 1.31. The van der Waals surface area contributed by atoms with Crippen LogP contribution in [0.5, 0.6) is 5.75 Å². The zero-order valence-corrected chi connectivity index (χ0v) is 18.9. The Balaban J connectivity index is 1.39. The minimum atomic E-state index is -3.68. The Bertz CT molecular complexity index is 1050. The molecule has 2 fully saturated rings. The summed E-state index contributed by atoms with van der Waals surface area (Å²) in [5.41, 5.74) is 0.550. The number of methoxy groups -OCH3 is 1. The first-order chi connectivity index (χ1) is 15.4. The lowest BCUT2D eigenvalue weighted by Crippen LogP contribution is -2.53. The van der Waals surface area contributed by atoms with Gasteiger partial charge in [0.25, 0.3) is 0 Å². The van der Waals surface area contributed by atoms with Crippen molar-refractivity contribution in [3.63, 3.8) is 0 Å². The van der Waals surface area contributed by atoms with Gasteiger partial charge in [0.2, 0.25) is 15.9 Å². The summed E-state index contributed by atoms with van der Waals surface area (Å²) in [6.45, 7) is 2.67. The quantitative estimate of drug-likeness (QED) is 0.685.